The molecule has 3 heterocycles. The Bertz CT molecular complexity index is 561. The van der Waals surface area contributed by atoms with Crippen molar-refractivity contribution in [3.8, 4) is 0 Å². The molecule has 6 heteroatoms. The van der Waals surface area contributed by atoms with Crippen LogP contribution in [0, 0.1) is 6.92 Å². The number of nitrogens with zero attached hydrogens (tertiary/aromatic N) is 2. The predicted octanol–water partition coefficient (Wildman–Crippen LogP) is 3.57. The molecule has 0 aliphatic carbocycles. The standard InChI is InChI=1S/C20H33N3O2S/c1-3-21-20(22-14-19-16(2)9-13-26-19)23-10-7-17(8-11-23)25-15-18-6-4-5-12-24-18/h9,13,17-18H,3-8,10-12,14-15H2,1-2H3,(H,21,22). The number of likely N-dealkylation sites (tertiary alicyclic amines) is 1. The van der Waals surface area contributed by atoms with Crippen LogP contribution < -0.4 is 5.32 Å². The van der Waals surface area contributed by atoms with Crippen molar-refractivity contribution in [2.45, 2.75) is 64.7 Å². The number of aliphatic imine (C=N–C) groups is 1. The van der Waals surface area contributed by atoms with E-state index in [0.29, 0.717) is 12.2 Å². The summed E-state index contributed by atoms with van der Waals surface area (Å²) in [5.41, 5.74) is 1.34. The van der Waals surface area contributed by atoms with Crippen molar-refractivity contribution in [2.24, 2.45) is 4.99 Å². The molecule has 0 aromatic carbocycles. The lowest BCUT2D eigenvalue weighted by Crippen LogP contribution is -2.47. The minimum absolute atomic E-state index is 0.315. The Morgan fingerprint density at radius 1 is 1.35 bits per heavy atom. The molecule has 2 aliphatic heterocycles. The van der Waals surface area contributed by atoms with Crippen LogP contribution >= 0.6 is 11.3 Å². The van der Waals surface area contributed by atoms with E-state index in [1.165, 1.54) is 23.3 Å². The molecule has 5 nitrogen and oxygen atoms in total. The number of hydrogen-bond donors (Lipinski definition) is 1. The summed E-state index contributed by atoms with van der Waals surface area (Å²) in [6, 6.07) is 2.17. The smallest absolute Gasteiger partial charge is 0.194 e. The van der Waals surface area contributed by atoms with E-state index in [1.54, 1.807) is 11.3 Å². The first kappa shape index (κ1) is 19.6. The second kappa shape index (κ2) is 10.3. The fraction of sp³-hybridized carbons (Fsp3) is 0.750. The van der Waals surface area contributed by atoms with Crippen molar-refractivity contribution in [2.75, 3.05) is 32.8 Å². The van der Waals surface area contributed by atoms with Gasteiger partial charge in [-0.2, -0.15) is 0 Å². The van der Waals surface area contributed by atoms with Gasteiger partial charge in [-0.15, -0.1) is 11.3 Å². The lowest BCUT2D eigenvalue weighted by molar-refractivity contribution is -0.0721. The largest absolute Gasteiger partial charge is 0.376 e. The summed E-state index contributed by atoms with van der Waals surface area (Å²) >= 11 is 1.79. The van der Waals surface area contributed by atoms with Crippen molar-refractivity contribution < 1.29 is 9.47 Å². The molecule has 2 saturated heterocycles. The van der Waals surface area contributed by atoms with E-state index in [1.807, 2.05) is 0 Å². The van der Waals surface area contributed by atoms with Crippen LogP contribution in [-0.2, 0) is 16.0 Å². The van der Waals surface area contributed by atoms with E-state index in [9.17, 15) is 0 Å². The van der Waals surface area contributed by atoms with Gasteiger partial charge >= 0.3 is 0 Å². The molecule has 146 valence electrons. The van der Waals surface area contributed by atoms with Gasteiger partial charge in [-0.25, -0.2) is 4.99 Å². The highest BCUT2D eigenvalue weighted by molar-refractivity contribution is 7.10. The number of ether oxygens (including phenoxy) is 2. The molecule has 26 heavy (non-hydrogen) atoms. The SMILES string of the molecule is CCNC(=NCc1sccc1C)N1CCC(OCC2CCCCO2)CC1. The highest BCUT2D eigenvalue weighted by atomic mass is 32.1. The molecule has 0 amide bonds. The average molecular weight is 380 g/mol. The van der Waals surface area contributed by atoms with Crippen LogP contribution in [0.25, 0.3) is 0 Å². The van der Waals surface area contributed by atoms with Gasteiger partial charge in [0.1, 0.15) is 0 Å². The number of thiophene rings is 1. The minimum Gasteiger partial charge on any atom is -0.376 e. The summed E-state index contributed by atoms with van der Waals surface area (Å²) < 4.78 is 11.9. The van der Waals surface area contributed by atoms with Crippen LogP contribution in [0.2, 0.25) is 0 Å². The third kappa shape index (κ3) is 5.69. The van der Waals surface area contributed by atoms with E-state index < -0.39 is 0 Å². The molecule has 0 spiro atoms. The highest BCUT2D eigenvalue weighted by Crippen LogP contribution is 2.19. The molecule has 1 unspecified atom stereocenters. The van der Waals surface area contributed by atoms with Gasteiger partial charge in [0.2, 0.25) is 0 Å². The first-order valence-corrected chi connectivity index (χ1v) is 10.9. The van der Waals surface area contributed by atoms with Gasteiger partial charge in [0.05, 0.1) is 25.4 Å². The number of guanidine groups is 1. The normalized spacial score (nSPS) is 22.6. The van der Waals surface area contributed by atoms with Gasteiger partial charge in [-0.05, 0) is 63.0 Å². The van der Waals surface area contributed by atoms with Crippen LogP contribution in [0.15, 0.2) is 16.4 Å². The zero-order valence-corrected chi connectivity index (χ0v) is 17.0. The molecular weight excluding hydrogens is 346 g/mol. The van der Waals surface area contributed by atoms with Crippen molar-refractivity contribution in [3.63, 3.8) is 0 Å². The lowest BCUT2D eigenvalue weighted by atomic mass is 10.1. The van der Waals surface area contributed by atoms with Crippen LogP contribution in [0.1, 0.15) is 49.5 Å². The Balaban J connectivity index is 1.45. The van der Waals surface area contributed by atoms with Gasteiger partial charge in [-0.3, -0.25) is 0 Å². The van der Waals surface area contributed by atoms with Crippen molar-refractivity contribution in [1.82, 2.24) is 10.2 Å². The van der Waals surface area contributed by atoms with Crippen LogP contribution in [0.3, 0.4) is 0 Å². The molecular formula is C20H33N3O2S. The van der Waals surface area contributed by atoms with E-state index in [2.05, 4.69) is 35.5 Å². The van der Waals surface area contributed by atoms with E-state index in [4.69, 9.17) is 14.5 Å². The van der Waals surface area contributed by atoms with E-state index >= 15 is 0 Å². The van der Waals surface area contributed by atoms with Crippen molar-refractivity contribution in [3.05, 3.63) is 21.9 Å². The fourth-order valence-corrected chi connectivity index (χ4v) is 4.38. The van der Waals surface area contributed by atoms with E-state index in [0.717, 1.165) is 64.6 Å². The van der Waals surface area contributed by atoms with Crippen LogP contribution in [0.5, 0.6) is 0 Å². The average Bonchev–Trinajstić information content (AvgIpc) is 3.10. The molecule has 2 fully saturated rings. The molecule has 1 aromatic rings. The second-order valence-corrected chi connectivity index (χ2v) is 8.21. The molecule has 0 bridgehead atoms. The summed E-state index contributed by atoms with van der Waals surface area (Å²) in [4.78, 5) is 8.60. The maximum absolute atomic E-state index is 6.13. The third-order valence-electron chi connectivity index (χ3n) is 5.21. The zero-order chi connectivity index (χ0) is 18.2. The minimum atomic E-state index is 0.315. The zero-order valence-electron chi connectivity index (χ0n) is 16.2. The molecule has 2 aliphatic rings. The lowest BCUT2D eigenvalue weighted by Gasteiger charge is -2.35. The maximum Gasteiger partial charge on any atom is 0.194 e. The fourth-order valence-electron chi connectivity index (χ4n) is 3.56. The summed E-state index contributed by atoms with van der Waals surface area (Å²) in [6.45, 7) is 9.63. The van der Waals surface area contributed by atoms with Gasteiger partial charge < -0.3 is 19.7 Å². The second-order valence-electron chi connectivity index (χ2n) is 7.21. The Morgan fingerprint density at radius 2 is 2.19 bits per heavy atom. The summed E-state index contributed by atoms with van der Waals surface area (Å²) in [5.74, 6) is 1.04. The number of nitrogens with one attached hydrogen (secondary N) is 1. The monoisotopic (exact) mass is 379 g/mol. The quantitative estimate of drug-likeness (QED) is 0.606. The topological polar surface area (TPSA) is 46.1 Å². The van der Waals surface area contributed by atoms with E-state index in [-0.39, 0.29) is 0 Å². The van der Waals surface area contributed by atoms with Crippen molar-refractivity contribution >= 4 is 17.3 Å². The Kier molecular flexibility index (Phi) is 7.77. The van der Waals surface area contributed by atoms with Crippen LogP contribution in [-0.4, -0.2) is 55.9 Å². The first-order valence-electron chi connectivity index (χ1n) is 10.1. The summed E-state index contributed by atoms with van der Waals surface area (Å²) in [5, 5.41) is 5.60. The molecule has 3 rings (SSSR count). The Hall–Kier alpha value is -1.11. The first-order chi connectivity index (χ1) is 12.8. The Morgan fingerprint density at radius 3 is 2.85 bits per heavy atom. The van der Waals surface area contributed by atoms with Crippen LogP contribution in [0.4, 0.5) is 0 Å². The maximum atomic E-state index is 6.13. The predicted molar refractivity (Wildman–Crippen MR) is 108 cm³/mol. The molecule has 0 saturated carbocycles. The molecule has 1 N–H and O–H groups in total. The number of aryl methyl sites for hydroxylation is 1. The number of hydrogen-bond acceptors (Lipinski definition) is 4. The molecule has 0 radical (unpaired) electrons. The van der Waals surface area contributed by atoms with Gasteiger partial charge in [0, 0.05) is 31.1 Å². The van der Waals surface area contributed by atoms with Gasteiger partial charge in [-0.1, -0.05) is 0 Å². The Labute approximate surface area is 161 Å². The molecule has 1 atom stereocenters. The number of piperidine rings is 1. The highest BCUT2D eigenvalue weighted by Gasteiger charge is 2.23. The third-order valence-corrected chi connectivity index (χ3v) is 6.22. The van der Waals surface area contributed by atoms with Gasteiger partial charge in [0.15, 0.2) is 5.96 Å². The van der Waals surface area contributed by atoms with Crippen molar-refractivity contribution in [1.29, 1.82) is 0 Å². The molecule has 1 aromatic heterocycles. The summed E-state index contributed by atoms with van der Waals surface area (Å²) in [6.07, 6.45) is 6.43. The number of rotatable bonds is 6. The van der Waals surface area contributed by atoms with Gasteiger partial charge in [0.25, 0.3) is 0 Å². The summed E-state index contributed by atoms with van der Waals surface area (Å²) in [7, 11) is 0.